The van der Waals surface area contributed by atoms with Crippen LogP contribution in [-0.4, -0.2) is 40.3 Å². The Labute approximate surface area is 200 Å². The molecule has 0 aromatic heterocycles. The van der Waals surface area contributed by atoms with Gasteiger partial charge in [0, 0.05) is 11.1 Å². The van der Waals surface area contributed by atoms with Crippen molar-refractivity contribution in [1.29, 1.82) is 0 Å². The van der Waals surface area contributed by atoms with E-state index in [0.717, 1.165) is 16.4 Å². The number of fused-ring (bicyclic) bond motifs is 1. The maximum Gasteiger partial charge on any atom is 0.264 e. The van der Waals surface area contributed by atoms with Gasteiger partial charge in [0.25, 0.3) is 15.9 Å². The van der Waals surface area contributed by atoms with E-state index in [2.05, 4.69) is 10.5 Å². The molecule has 1 N–H and O–H groups in total. The van der Waals surface area contributed by atoms with Gasteiger partial charge in [-0.05, 0) is 54.1 Å². The van der Waals surface area contributed by atoms with Crippen molar-refractivity contribution >= 4 is 39.4 Å². The smallest absolute Gasteiger partial charge is 0.264 e. The van der Waals surface area contributed by atoms with Crippen LogP contribution in [-0.2, 0) is 14.8 Å². The molecule has 3 aromatic rings. The van der Waals surface area contributed by atoms with Crippen LogP contribution in [0.1, 0.15) is 5.56 Å². The predicted molar refractivity (Wildman–Crippen MR) is 126 cm³/mol. The molecule has 0 fully saturated rings. The van der Waals surface area contributed by atoms with Gasteiger partial charge in [0.1, 0.15) is 25.6 Å². The Morgan fingerprint density at radius 1 is 1.06 bits per heavy atom. The van der Waals surface area contributed by atoms with Gasteiger partial charge in [-0.2, -0.15) is 5.10 Å². The lowest BCUT2D eigenvalue weighted by molar-refractivity contribution is -0.119. The molecule has 4 rings (SSSR count). The van der Waals surface area contributed by atoms with E-state index < -0.39 is 28.3 Å². The Morgan fingerprint density at radius 2 is 1.79 bits per heavy atom. The van der Waals surface area contributed by atoms with Crippen molar-refractivity contribution in [2.75, 3.05) is 24.1 Å². The predicted octanol–water partition coefficient (Wildman–Crippen LogP) is 3.60. The fraction of sp³-hybridized carbons (Fsp3) is 0.130. The maximum absolute atomic E-state index is 13.5. The van der Waals surface area contributed by atoms with Gasteiger partial charge >= 0.3 is 0 Å². The summed E-state index contributed by atoms with van der Waals surface area (Å²) in [7, 11) is -4.23. The number of sulfonamides is 1. The summed E-state index contributed by atoms with van der Waals surface area (Å²) < 4.78 is 52.2. The van der Waals surface area contributed by atoms with Crippen LogP contribution < -0.4 is 19.2 Å². The summed E-state index contributed by atoms with van der Waals surface area (Å²) in [5, 5.41) is 4.36. The van der Waals surface area contributed by atoms with Gasteiger partial charge in [-0.15, -0.1) is 0 Å². The first-order valence-corrected chi connectivity index (χ1v) is 11.9. The van der Waals surface area contributed by atoms with Crippen LogP contribution in [0.3, 0.4) is 0 Å². The van der Waals surface area contributed by atoms with Crippen molar-refractivity contribution in [3.63, 3.8) is 0 Å². The average molecular weight is 504 g/mol. The van der Waals surface area contributed by atoms with E-state index in [1.165, 1.54) is 36.5 Å². The average Bonchev–Trinajstić information content (AvgIpc) is 2.83. The van der Waals surface area contributed by atoms with Crippen molar-refractivity contribution in [2.45, 2.75) is 4.90 Å². The summed E-state index contributed by atoms with van der Waals surface area (Å²) in [6, 6.07) is 15.7. The number of hydrogen-bond donors (Lipinski definition) is 1. The first-order valence-electron chi connectivity index (χ1n) is 10.1. The zero-order chi connectivity index (χ0) is 24.1. The van der Waals surface area contributed by atoms with E-state index >= 15 is 0 Å². The van der Waals surface area contributed by atoms with Crippen LogP contribution in [0.25, 0.3) is 0 Å². The third kappa shape index (κ3) is 5.46. The molecule has 1 amide bonds. The van der Waals surface area contributed by atoms with Crippen LogP contribution in [0.2, 0.25) is 5.02 Å². The number of benzene rings is 3. The molecular weight excluding hydrogens is 485 g/mol. The number of nitrogens with one attached hydrogen (secondary N) is 1. The minimum atomic E-state index is -4.23. The minimum absolute atomic E-state index is 0.102. The van der Waals surface area contributed by atoms with Gasteiger partial charge < -0.3 is 9.47 Å². The second-order valence-corrected chi connectivity index (χ2v) is 9.44. The molecular formula is C23H19ClFN3O5S. The Kier molecular flexibility index (Phi) is 6.99. The van der Waals surface area contributed by atoms with Crippen LogP contribution in [0, 0.1) is 5.82 Å². The highest BCUT2D eigenvalue weighted by atomic mass is 35.5. The molecule has 0 bridgehead atoms. The van der Waals surface area contributed by atoms with E-state index in [-0.39, 0.29) is 22.9 Å². The number of amides is 1. The van der Waals surface area contributed by atoms with Crippen molar-refractivity contribution in [2.24, 2.45) is 5.10 Å². The number of anilines is 1. The van der Waals surface area contributed by atoms with Crippen LogP contribution in [0.15, 0.2) is 76.7 Å². The third-order valence-electron chi connectivity index (χ3n) is 4.76. The highest BCUT2D eigenvalue weighted by Gasteiger charge is 2.29. The third-order valence-corrected chi connectivity index (χ3v) is 6.76. The van der Waals surface area contributed by atoms with Crippen LogP contribution in [0.5, 0.6) is 11.5 Å². The highest BCUT2D eigenvalue weighted by molar-refractivity contribution is 7.92. The van der Waals surface area contributed by atoms with E-state index in [0.29, 0.717) is 22.9 Å². The number of hydrogen-bond acceptors (Lipinski definition) is 6. The molecule has 1 heterocycles. The van der Waals surface area contributed by atoms with Crippen molar-refractivity contribution in [3.05, 3.63) is 83.1 Å². The first-order chi connectivity index (χ1) is 16.3. The number of rotatable bonds is 7. The van der Waals surface area contributed by atoms with Gasteiger partial charge in [0.05, 0.1) is 16.8 Å². The van der Waals surface area contributed by atoms with Gasteiger partial charge in [-0.3, -0.25) is 9.10 Å². The molecule has 0 atom stereocenters. The minimum Gasteiger partial charge on any atom is -0.486 e. The molecule has 11 heteroatoms. The number of carbonyl (C=O) groups is 1. The van der Waals surface area contributed by atoms with Gasteiger partial charge in [0.15, 0.2) is 11.5 Å². The summed E-state index contributed by atoms with van der Waals surface area (Å²) in [5.74, 6) is -0.548. The molecule has 0 aliphatic carbocycles. The van der Waals surface area contributed by atoms with Crippen molar-refractivity contribution in [1.82, 2.24) is 5.43 Å². The second-order valence-electron chi connectivity index (χ2n) is 7.14. The van der Waals surface area contributed by atoms with E-state index in [1.807, 2.05) is 0 Å². The fourth-order valence-corrected chi connectivity index (χ4v) is 4.80. The summed E-state index contributed by atoms with van der Waals surface area (Å²) >= 11 is 5.92. The Hall–Kier alpha value is -3.63. The fourth-order valence-electron chi connectivity index (χ4n) is 3.17. The largest absolute Gasteiger partial charge is 0.486 e. The standard InChI is InChI=1S/C23H19ClFN3O5S/c24-17-3-1-2-16(12-17)14-26-27-23(29)15-28(19-6-4-18(25)5-7-19)34(30,31)20-8-9-21-22(13-20)33-11-10-32-21/h1-9,12-14H,10-11,15H2,(H,27,29)/b26-14-. The zero-order valence-electron chi connectivity index (χ0n) is 17.6. The molecule has 1 aliphatic heterocycles. The number of halogens is 2. The lowest BCUT2D eigenvalue weighted by Crippen LogP contribution is -2.39. The summed E-state index contributed by atoms with van der Waals surface area (Å²) in [4.78, 5) is 12.5. The highest BCUT2D eigenvalue weighted by Crippen LogP contribution is 2.34. The molecule has 0 saturated carbocycles. The molecule has 0 spiro atoms. The van der Waals surface area contributed by atoms with Gasteiger partial charge in [-0.1, -0.05) is 23.7 Å². The van der Waals surface area contributed by atoms with E-state index in [1.54, 1.807) is 24.3 Å². The van der Waals surface area contributed by atoms with E-state index in [4.69, 9.17) is 21.1 Å². The second kappa shape index (κ2) is 10.1. The molecule has 0 saturated heterocycles. The molecule has 0 radical (unpaired) electrons. The summed E-state index contributed by atoms with van der Waals surface area (Å²) in [6.07, 6.45) is 1.38. The van der Waals surface area contributed by atoms with Crippen molar-refractivity contribution in [3.8, 4) is 11.5 Å². The zero-order valence-corrected chi connectivity index (χ0v) is 19.2. The maximum atomic E-state index is 13.5. The number of carbonyl (C=O) groups excluding carboxylic acids is 1. The molecule has 1 aliphatic rings. The molecule has 0 unspecified atom stereocenters. The SMILES string of the molecule is O=C(CN(c1ccc(F)cc1)S(=O)(=O)c1ccc2c(c1)OCCO2)N/N=C\c1cccc(Cl)c1. The Morgan fingerprint density at radius 3 is 2.53 bits per heavy atom. The lowest BCUT2D eigenvalue weighted by atomic mass is 10.2. The Balaban J connectivity index is 1.59. The topological polar surface area (TPSA) is 97.3 Å². The summed E-state index contributed by atoms with van der Waals surface area (Å²) in [6.45, 7) is 0.0389. The molecule has 34 heavy (non-hydrogen) atoms. The number of ether oxygens (including phenoxy) is 2. The monoisotopic (exact) mass is 503 g/mol. The number of hydrazone groups is 1. The molecule has 3 aromatic carbocycles. The lowest BCUT2D eigenvalue weighted by Gasteiger charge is -2.25. The van der Waals surface area contributed by atoms with Gasteiger partial charge in [0.2, 0.25) is 0 Å². The first kappa shape index (κ1) is 23.5. The molecule has 8 nitrogen and oxygen atoms in total. The number of nitrogens with zero attached hydrogens (tertiary/aromatic N) is 2. The van der Waals surface area contributed by atoms with E-state index in [9.17, 15) is 17.6 Å². The summed E-state index contributed by atoms with van der Waals surface area (Å²) in [5.41, 5.74) is 3.05. The Bertz CT molecular complexity index is 1330. The molecule has 176 valence electrons. The van der Waals surface area contributed by atoms with Crippen LogP contribution >= 0.6 is 11.6 Å². The quantitative estimate of drug-likeness (QED) is 0.392. The van der Waals surface area contributed by atoms with Crippen LogP contribution in [0.4, 0.5) is 10.1 Å². The van der Waals surface area contributed by atoms with Gasteiger partial charge in [-0.25, -0.2) is 18.2 Å². The van der Waals surface area contributed by atoms with Crippen molar-refractivity contribution < 1.29 is 27.1 Å². The normalized spacial score (nSPS) is 13.0.